The van der Waals surface area contributed by atoms with E-state index in [0.717, 1.165) is 5.70 Å². The van der Waals surface area contributed by atoms with Crippen LogP contribution in [0, 0.1) is 5.41 Å². The smallest absolute Gasteiger partial charge is 0.0651 e. The third-order valence-electron chi connectivity index (χ3n) is 2.11. The van der Waals surface area contributed by atoms with E-state index in [1.807, 2.05) is 13.1 Å². The van der Waals surface area contributed by atoms with E-state index in [1.165, 1.54) is 5.57 Å². The van der Waals surface area contributed by atoms with Gasteiger partial charge in [-0.05, 0) is 25.5 Å². The molecule has 1 rings (SSSR count). The quantitative estimate of drug-likeness (QED) is 0.541. The second kappa shape index (κ2) is 3.73. The second-order valence-electron chi connectivity index (χ2n) is 3.94. The van der Waals surface area contributed by atoms with Gasteiger partial charge in [-0.15, -0.1) is 0 Å². The van der Waals surface area contributed by atoms with Crippen LogP contribution in [0.5, 0.6) is 0 Å². The second-order valence-corrected chi connectivity index (χ2v) is 3.94. The van der Waals surface area contributed by atoms with Gasteiger partial charge < -0.3 is 0 Å². The highest BCUT2D eigenvalue weighted by Gasteiger charge is 2.11. The van der Waals surface area contributed by atoms with Crippen molar-refractivity contribution in [3.05, 3.63) is 35.6 Å². The molecule has 0 heterocycles. The predicted octanol–water partition coefficient (Wildman–Crippen LogP) is 3.50. The average Bonchev–Trinajstić information content (AvgIpc) is 2.18. The summed E-state index contributed by atoms with van der Waals surface area (Å²) in [5, 5.41) is 0. The average molecular weight is 175 g/mol. The van der Waals surface area contributed by atoms with Crippen molar-refractivity contribution < 1.29 is 0 Å². The highest BCUT2D eigenvalue weighted by Crippen LogP contribution is 2.25. The molecule has 1 nitrogen and oxygen atoms in total. The van der Waals surface area contributed by atoms with Crippen molar-refractivity contribution >= 4 is 6.21 Å². The molecule has 0 N–H and O–H groups in total. The van der Waals surface area contributed by atoms with Crippen molar-refractivity contribution in [3.8, 4) is 0 Å². The van der Waals surface area contributed by atoms with Crippen molar-refractivity contribution in [1.29, 1.82) is 0 Å². The van der Waals surface area contributed by atoms with Crippen LogP contribution in [-0.4, -0.2) is 6.21 Å². The Morgan fingerprint density at radius 2 is 1.85 bits per heavy atom. The minimum absolute atomic E-state index is 0.145. The topological polar surface area (TPSA) is 12.4 Å². The van der Waals surface area contributed by atoms with Crippen molar-refractivity contribution in [2.45, 2.75) is 27.7 Å². The van der Waals surface area contributed by atoms with Gasteiger partial charge in [-0.25, -0.2) is 0 Å². The standard InChI is InChI=1S/C12H17N/c1-5-13-11-7-9-12(3,4)8-6-10(11)2/h5-9H,1-4H3. The Labute approximate surface area is 80.6 Å². The number of hydrogen-bond donors (Lipinski definition) is 0. The number of nitrogens with zero attached hydrogens (tertiary/aromatic N) is 1. The largest absolute Gasteiger partial charge is 0.261 e. The number of rotatable bonds is 1. The maximum absolute atomic E-state index is 4.31. The molecule has 1 aliphatic carbocycles. The number of hydrogen-bond acceptors (Lipinski definition) is 1. The van der Waals surface area contributed by atoms with Gasteiger partial charge in [0.1, 0.15) is 0 Å². The van der Waals surface area contributed by atoms with Crippen LogP contribution in [0.15, 0.2) is 40.6 Å². The highest BCUT2D eigenvalue weighted by atomic mass is 14.7. The predicted molar refractivity (Wildman–Crippen MR) is 58.9 cm³/mol. The van der Waals surface area contributed by atoms with Gasteiger partial charge in [-0.2, -0.15) is 0 Å². The molecule has 0 aromatic heterocycles. The molecule has 0 aromatic rings. The zero-order valence-electron chi connectivity index (χ0n) is 8.83. The highest BCUT2D eigenvalue weighted by molar-refractivity contribution is 5.57. The Balaban J connectivity index is 3.04. The molecule has 0 aromatic carbocycles. The van der Waals surface area contributed by atoms with Crippen molar-refractivity contribution in [2.75, 3.05) is 0 Å². The number of aliphatic imine (C=N–C) groups is 1. The molecular formula is C12H17N. The molecule has 0 saturated carbocycles. The fourth-order valence-electron chi connectivity index (χ4n) is 1.19. The maximum Gasteiger partial charge on any atom is 0.0651 e. The molecule has 0 fully saturated rings. The van der Waals surface area contributed by atoms with E-state index in [4.69, 9.17) is 0 Å². The first-order valence-electron chi connectivity index (χ1n) is 4.63. The maximum atomic E-state index is 4.31. The summed E-state index contributed by atoms with van der Waals surface area (Å²) in [6.45, 7) is 8.40. The van der Waals surface area contributed by atoms with E-state index in [1.54, 1.807) is 0 Å². The molecule has 13 heavy (non-hydrogen) atoms. The third kappa shape index (κ3) is 2.69. The summed E-state index contributed by atoms with van der Waals surface area (Å²) in [6, 6.07) is 0. The normalized spacial score (nSPS) is 21.2. The molecule has 0 atom stereocenters. The van der Waals surface area contributed by atoms with Crippen LogP contribution in [0.2, 0.25) is 0 Å². The summed E-state index contributed by atoms with van der Waals surface area (Å²) in [7, 11) is 0. The summed E-state index contributed by atoms with van der Waals surface area (Å²) in [5.74, 6) is 0. The molecule has 0 amide bonds. The molecule has 0 radical (unpaired) electrons. The number of allylic oxidation sites excluding steroid dienone is 5. The van der Waals surface area contributed by atoms with E-state index in [0.29, 0.717) is 0 Å². The van der Waals surface area contributed by atoms with Crippen molar-refractivity contribution in [1.82, 2.24) is 0 Å². The van der Waals surface area contributed by atoms with E-state index >= 15 is 0 Å². The third-order valence-corrected chi connectivity index (χ3v) is 2.11. The Bertz CT molecular complexity index is 301. The van der Waals surface area contributed by atoms with E-state index in [-0.39, 0.29) is 5.41 Å². The molecule has 1 heteroatoms. The van der Waals surface area contributed by atoms with Gasteiger partial charge in [0.05, 0.1) is 5.70 Å². The lowest BCUT2D eigenvalue weighted by Gasteiger charge is -2.12. The van der Waals surface area contributed by atoms with Crippen LogP contribution in [0.3, 0.4) is 0 Å². The van der Waals surface area contributed by atoms with Gasteiger partial charge in [0.25, 0.3) is 0 Å². The lowest BCUT2D eigenvalue weighted by atomic mass is 9.93. The Morgan fingerprint density at radius 3 is 2.46 bits per heavy atom. The summed E-state index contributed by atoms with van der Waals surface area (Å²) in [6.07, 6.45) is 10.5. The summed E-state index contributed by atoms with van der Waals surface area (Å²) < 4.78 is 0. The monoisotopic (exact) mass is 175 g/mol. The van der Waals surface area contributed by atoms with Gasteiger partial charge in [0, 0.05) is 11.6 Å². The fourth-order valence-corrected chi connectivity index (χ4v) is 1.19. The molecule has 1 aliphatic rings. The molecule has 0 spiro atoms. The van der Waals surface area contributed by atoms with Crippen molar-refractivity contribution in [2.24, 2.45) is 10.4 Å². The van der Waals surface area contributed by atoms with Crippen LogP contribution < -0.4 is 0 Å². The molecule has 0 bridgehead atoms. The van der Waals surface area contributed by atoms with E-state index in [2.05, 4.69) is 50.1 Å². The molecule has 0 unspecified atom stereocenters. The SMILES string of the molecule is CC=NC1=C(C)C=CC(C)(C)C=C1. The summed E-state index contributed by atoms with van der Waals surface area (Å²) >= 11 is 0. The minimum atomic E-state index is 0.145. The van der Waals surface area contributed by atoms with Crippen LogP contribution in [0.25, 0.3) is 0 Å². The Morgan fingerprint density at radius 1 is 1.23 bits per heavy atom. The van der Waals surface area contributed by atoms with Gasteiger partial charge in [0.15, 0.2) is 0 Å². The van der Waals surface area contributed by atoms with Crippen LogP contribution >= 0.6 is 0 Å². The van der Waals surface area contributed by atoms with Crippen LogP contribution in [0.1, 0.15) is 27.7 Å². The summed E-state index contributed by atoms with van der Waals surface area (Å²) in [5.41, 5.74) is 2.43. The minimum Gasteiger partial charge on any atom is -0.261 e. The molecule has 0 saturated heterocycles. The Kier molecular flexibility index (Phi) is 2.86. The first-order chi connectivity index (χ1) is 6.05. The lowest BCUT2D eigenvalue weighted by Crippen LogP contribution is -2.00. The zero-order chi connectivity index (χ0) is 9.90. The van der Waals surface area contributed by atoms with Gasteiger partial charge in [-0.3, -0.25) is 4.99 Å². The van der Waals surface area contributed by atoms with Gasteiger partial charge in [0.2, 0.25) is 0 Å². The molecule has 0 aliphatic heterocycles. The van der Waals surface area contributed by atoms with Crippen molar-refractivity contribution in [3.63, 3.8) is 0 Å². The van der Waals surface area contributed by atoms with Crippen LogP contribution in [0.4, 0.5) is 0 Å². The first kappa shape index (κ1) is 9.97. The lowest BCUT2D eigenvalue weighted by molar-refractivity contribution is 0.626. The van der Waals surface area contributed by atoms with E-state index < -0.39 is 0 Å². The fraction of sp³-hybridized carbons (Fsp3) is 0.417. The zero-order valence-corrected chi connectivity index (χ0v) is 8.83. The molecule has 70 valence electrons. The van der Waals surface area contributed by atoms with Gasteiger partial charge >= 0.3 is 0 Å². The van der Waals surface area contributed by atoms with Gasteiger partial charge in [-0.1, -0.05) is 32.1 Å². The molecular weight excluding hydrogens is 158 g/mol. The first-order valence-corrected chi connectivity index (χ1v) is 4.63. The van der Waals surface area contributed by atoms with E-state index in [9.17, 15) is 0 Å². The Hall–Kier alpha value is -1.11. The summed E-state index contributed by atoms with van der Waals surface area (Å²) in [4.78, 5) is 4.31. The van der Waals surface area contributed by atoms with Crippen LogP contribution in [-0.2, 0) is 0 Å².